The maximum absolute atomic E-state index is 13.3. The van der Waals surface area contributed by atoms with Gasteiger partial charge in [-0.15, -0.1) is 0 Å². The van der Waals surface area contributed by atoms with Gasteiger partial charge in [0.15, 0.2) is 0 Å². The van der Waals surface area contributed by atoms with Crippen LogP contribution in [0.5, 0.6) is 0 Å². The lowest BCUT2D eigenvalue weighted by atomic mass is 10.1. The van der Waals surface area contributed by atoms with E-state index in [1.165, 1.54) is 23.1 Å². The van der Waals surface area contributed by atoms with E-state index in [1.807, 2.05) is 0 Å². The lowest BCUT2D eigenvalue weighted by Crippen LogP contribution is -2.31. The van der Waals surface area contributed by atoms with Crippen LogP contribution in [-0.2, 0) is 9.53 Å². The summed E-state index contributed by atoms with van der Waals surface area (Å²) in [7, 11) is 0. The van der Waals surface area contributed by atoms with Crippen LogP contribution in [0.2, 0.25) is 0 Å². The third kappa shape index (κ3) is 2.33. The summed E-state index contributed by atoms with van der Waals surface area (Å²) < 4.78 is 18.8. The van der Waals surface area contributed by atoms with Gasteiger partial charge in [-0.2, -0.15) is 0 Å². The molecule has 106 valence electrons. The lowest BCUT2D eigenvalue weighted by molar-refractivity contribution is -0.114. The van der Waals surface area contributed by atoms with Crippen LogP contribution in [0, 0.1) is 5.82 Å². The van der Waals surface area contributed by atoms with Crippen LogP contribution in [0.25, 0.3) is 0 Å². The van der Waals surface area contributed by atoms with E-state index in [2.05, 4.69) is 0 Å². The molecule has 1 aromatic carbocycles. The van der Waals surface area contributed by atoms with E-state index in [4.69, 9.17) is 4.74 Å². The van der Waals surface area contributed by atoms with Crippen molar-refractivity contribution in [3.8, 4) is 0 Å². The van der Waals surface area contributed by atoms with Crippen molar-refractivity contribution in [3.63, 3.8) is 0 Å². The van der Waals surface area contributed by atoms with Crippen molar-refractivity contribution in [2.24, 2.45) is 0 Å². The number of benzene rings is 1. The maximum atomic E-state index is 13.3. The van der Waals surface area contributed by atoms with Gasteiger partial charge >= 0.3 is 0 Å². The van der Waals surface area contributed by atoms with Crippen LogP contribution in [0.1, 0.15) is 36.0 Å². The molecule has 3 rings (SSSR count). The molecule has 1 fully saturated rings. The van der Waals surface area contributed by atoms with Crippen LogP contribution < -0.4 is 4.90 Å². The summed E-state index contributed by atoms with van der Waals surface area (Å²) in [6.45, 7) is 1.24. The van der Waals surface area contributed by atoms with Gasteiger partial charge in [-0.3, -0.25) is 9.59 Å². The average molecular weight is 277 g/mol. The van der Waals surface area contributed by atoms with Crippen LogP contribution in [0.15, 0.2) is 18.2 Å². The standard InChI is InChI=1S/C15H16FNO3/c16-10-5-6-12-13(9-10)17(15(19)14(12)18)7-1-3-11-4-2-8-20-11/h5-6,9,11H,1-4,7-8H2. The summed E-state index contributed by atoms with van der Waals surface area (Å²) in [4.78, 5) is 25.1. The van der Waals surface area contributed by atoms with E-state index >= 15 is 0 Å². The van der Waals surface area contributed by atoms with Crippen molar-refractivity contribution in [1.82, 2.24) is 0 Å². The number of rotatable bonds is 4. The smallest absolute Gasteiger partial charge is 0.299 e. The molecule has 0 radical (unpaired) electrons. The van der Waals surface area contributed by atoms with Gasteiger partial charge < -0.3 is 9.64 Å². The molecule has 2 aliphatic heterocycles. The zero-order chi connectivity index (χ0) is 14.1. The van der Waals surface area contributed by atoms with Gasteiger partial charge in [0.2, 0.25) is 0 Å². The van der Waals surface area contributed by atoms with E-state index in [9.17, 15) is 14.0 Å². The first-order valence-corrected chi connectivity index (χ1v) is 6.94. The van der Waals surface area contributed by atoms with E-state index in [-0.39, 0.29) is 6.10 Å². The van der Waals surface area contributed by atoms with Crippen molar-refractivity contribution >= 4 is 17.4 Å². The molecule has 0 saturated carbocycles. The molecular formula is C15H16FNO3. The number of fused-ring (bicyclic) bond motifs is 1. The predicted molar refractivity (Wildman–Crippen MR) is 71.3 cm³/mol. The number of nitrogens with zero attached hydrogens (tertiary/aromatic N) is 1. The molecule has 0 aliphatic carbocycles. The fraction of sp³-hybridized carbons (Fsp3) is 0.467. The highest BCUT2D eigenvalue weighted by atomic mass is 19.1. The molecule has 0 aromatic heterocycles. The van der Waals surface area contributed by atoms with Crippen molar-refractivity contribution in [3.05, 3.63) is 29.6 Å². The Morgan fingerprint density at radius 3 is 2.95 bits per heavy atom. The summed E-state index contributed by atoms with van der Waals surface area (Å²) in [5, 5.41) is 0. The molecule has 0 bridgehead atoms. The second-order valence-electron chi connectivity index (χ2n) is 5.22. The normalized spacial score (nSPS) is 21.6. The monoisotopic (exact) mass is 277 g/mol. The van der Waals surface area contributed by atoms with Crippen LogP contribution in [-0.4, -0.2) is 30.9 Å². The molecule has 4 nitrogen and oxygen atoms in total. The van der Waals surface area contributed by atoms with E-state index < -0.39 is 17.5 Å². The van der Waals surface area contributed by atoms with Crippen molar-refractivity contribution in [2.75, 3.05) is 18.1 Å². The Labute approximate surface area is 116 Å². The first-order valence-electron chi connectivity index (χ1n) is 6.94. The largest absolute Gasteiger partial charge is 0.378 e. The van der Waals surface area contributed by atoms with Gasteiger partial charge in [0.05, 0.1) is 17.4 Å². The van der Waals surface area contributed by atoms with Gasteiger partial charge in [0.25, 0.3) is 11.7 Å². The highest BCUT2D eigenvalue weighted by Gasteiger charge is 2.35. The number of ether oxygens (including phenoxy) is 1. The molecule has 2 heterocycles. The predicted octanol–water partition coefficient (Wildman–Crippen LogP) is 2.31. The minimum absolute atomic E-state index is 0.260. The second-order valence-corrected chi connectivity index (χ2v) is 5.22. The Kier molecular flexibility index (Phi) is 3.53. The summed E-state index contributed by atoms with van der Waals surface area (Å²) in [6, 6.07) is 3.84. The Bertz CT molecular complexity index is 552. The minimum atomic E-state index is -0.557. The molecule has 5 heteroatoms. The van der Waals surface area contributed by atoms with Crippen molar-refractivity contribution < 1.29 is 18.7 Å². The minimum Gasteiger partial charge on any atom is -0.378 e. The Hall–Kier alpha value is -1.75. The van der Waals surface area contributed by atoms with E-state index in [0.717, 1.165) is 32.3 Å². The first kappa shape index (κ1) is 13.2. The van der Waals surface area contributed by atoms with Crippen molar-refractivity contribution in [1.29, 1.82) is 0 Å². The summed E-state index contributed by atoms with van der Waals surface area (Å²) in [6.07, 6.45) is 4.01. The average Bonchev–Trinajstić information content (AvgIpc) is 3.02. The van der Waals surface area contributed by atoms with E-state index in [1.54, 1.807) is 0 Å². The molecule has 1 unspecified atom stereocenters. The number of amides is 1. The molecule has 0 N–H and O–H groups in total. The Morgan fingerprint density at radius 1 is 1.35 bits per heavy atom. The maximum Gasteiger partial charge on any atom is 0.299 e. The number of Topliss-reactive ketones (excluding diaryl/α,β-unsaturated/α-hetero) is 1. The molecular weight excluding hydrogens is 261 g/mol. The first-order chi connectivity index (χ1) is 9.66. The van der Waals surface area contributed by atoms with E-state index in [0.29, 0.717) is 17.8 Å². The number of hydrogen-bond donors (Lipinski definition) is 0. The number of carbonyl (C=O) groups excluding carboxylic acids is 2. The topological polar surface area (TPSA) is 46.6 Å². The Morgan fingerprint density at radius 2 is 2.20 bits per heavy atom. The SMILES string of the molecule is O=C1C(=O)N(CCCC2CCCO2)c2cc(F)ccc21. The Balaban J connectivity index is 1.68. The molecule has 1 amide bonds. The number of ketones is 1. The fourth-order valence-electron chi connectivity index (χ4n) is 2.84. The quantitative estimate of drug-likeness (QED) is 0.793. The summed E-state index contributed by atoms with van der Waals surface area (Å²) >= 11 is 0. The number of anilines is 1. The van der Waals surface area contributed by atoms with Gasteiger partial charge in [-0.1, -0.05) is 0 Å². The molecule has 0 spiro atoms. The zero-order valence-electron chi connectivity index (χ0n) is 11.1. The zero-order valence-corrected chi connectivity index (χ0v) is 11.1. The summed E-state index contributed by atoms with van der Waals surface area (Å²) in [5.74, 6) is -1.54. The molecule has 2 aliphatic rings. The number of halogens is 1. The van der Waals surface area contributed by atoms with Crippen LogP contribution >= 0.6 is 0 Å². The van der Waals surface area contributed by atoms with Crippen LogP contribution in [0.3, 0.4) is 0 Å². The van der Waals surface area contributed by atoms with Gasteiger partial charge in [0, 0.05) is 13.2 Å². The molecule has 20 heavy (non-hydrogen) atoms. The van der Waals surface area contributed by atoms with Gasteiger partial charge in [0.1, 0.15) is 5.82 Å². The van der Waals surface area contributed by atoms with Crippen LogP contribution in [0.4, 0.5) is 10.1 Å². The molecule has 1 saturated heterocycles. The van der Waals surface area contributed by atoms with Gasteiger partial charge in [-0.25, -0.2) is 4.39 Å². The fourth-order valence-corrected chi connectivity index (χ4v) is 2.84. The number of carbonyl (C=O) groups is 2. The second kappa shape index (κ2) is 5.32. The molecule has 1 atom stereocenters. The third-order valence-electron chi connectivity index (χ3n) is 3.87. The molecule has 1 aromatic rings. The van der Waals surface area contributed by atoms with Gasteiger partial charge in [-0.05, 0) is 43.9 Å². The number of hydrogen-bond acceptors (Lipinski definition) is 3. The van der Waals surface area contributed by atoms with Crippen molar-refractivity contribution in [2.45, 2.75) is 31.8 Å². The third-order valence-corrected chi connectivity index (χ3v) is 3.87. The highest BCUT2D eigenvalue weighted by molar-refractivity contribution is 6.52. The highest BCUT2D eigenvalue weighted by Crippen LogP contribution is 2.30. The summed E-state index contributed by atoms with van der Waals surface area (Å²) in [5.41, 5.74) is 0.695. The lowest BCUT2D eigenvalue weighted by Gasteiger charge is -2.17.